The lowest BCUT2D eigenvalue weighted by molar-refractivity contribution is 0.158. The van der Waals surface area contributed by atoms with Crippen LogP contribution in [-0.2, 0) is 14.9 Å². The summed E-state index contributed by atoms with van der Waals surface area (Å²) in [5, 5.41) is 2.95. The number of fused-ring (bicyclic) bond motifs is 4. The van der Waals surface area contributed by atoms with Crippen LogP contribution >= 0.6 is 11.8 Å². The molecule has 3 aromatic rings. The SMILES string of the molecule is CC1Sc2cc(NC(=O)OCC3c4ccccc4-c4ccccc43)ccc2N1CCCS(=O)(=O)O. The zero-order valence-corrected chi connectivity index (χ0v) is 20.8. The minimum absolute atomic E-state index is 0.000805. The summed E-state index contributed by atoms with van der Waals surface area (Å²) in [4.78, 5) is 15.7. The highest BCUT2D eigenvalue weighted by atomic mass is 32.2. The van der Waals surface area contributed by atoms with E-state index in [9.17, 15) is 13.2 Å². The van der Waals surface area contributed by atoms with E-state index in [1.54, 1.807) is 11.8 Å². The fraction of sp³-hybridized carbons (Fsp3) is 0.269. The first-order chi connectivity index (χ1) is 16.8. The number of thioether (sulfide) groups is 1. The van der Waals surface area contributed by atoms with Crippen LogP contribution in [0.4, 0.5) is 16.2 Å². The monoisotopic (exact) mass is 510 g/mol. The molecule has 35 heavy (non-hydrogen) atoms. The molecule has 5 rings (SSSR count). The Labute approximate surface area is 209 Å². The Morgan fingerprint density at radius 2 is 1.71 bits per heavy atom. The van der Waals surface area contributed by atoms with Crippen molar-refractivity contribution in [3.8, 4) is 11.1 Å². The van der Waals surface area contributed by atoms with Crippen LogP contribution < -0.4 is 10.2 Å². The predicted octanol–water partition coefficient (Wildman–Crippen LogP) is 5.58. The molecule has 0 bridgehead atoms. The van der Waals surface area contributed by atoms with Gasteiger partial charge in [0.15, 0.2) is 0 Å². The zero-order chi connectivity index (χ0) is 24.6. The number of nitrogens with zero attached hydrogens (tertiary/aromatic N) is 1. The van der Waals surface area contributed by atoms with Gasteiger partial charge in [0.25, 0.3) is 10.1 Å². The Bertz CT molecular complexity index is 1330. The highest BCUT2D eigenvalue weighted by molar-refractivity contribution is 8.00. The lowest BCUT2D eigenvalue weighted by Gasteiger charge is -2.23. The number of carbonyl (C=O) groups excluding carboxylic acids is 1. The largest absolute Gasteiger partial charge is 0.448 e. The number of amides is 1. The number of carbonyl (C=O) groups is 1. The first-order valence-corrected chi connectivity index (χ1v) is 13.9. The third-order valence-corrected chi connectivity index (χ3v) is 8.38. The lowest BCUT2D eigenvalue weighted by Crippen LogP contribution is -2.29. The summed E-state index contributed by atoms with van der Waals surface area (Å²) in [7, 11) is -3.97. The van der Waals surface area contributed by atoms with Gasteiger partial charge in [-0.05, 0) is 53.8 Å². The summed E-state index contributed by atoms with van der Waals surface area (Å²) < 4.78 is 36.7. The molecular formula is C26H26N2O5S2. The third-order valence-electron chi connectivity index (χ3n) is 6.40. The van der Waals surface area contributed by atoms with E-state index in [4.69, 9.17) is 9.29 Å². The molecule has 0 radical (unpaired) electrons. The van der Waals surface area contributed by atoms with Crippen molar-refractivity contribution in [3.63, 3.8) is 0 Å². The zero-order valence-electron chi connectivity index (χ0n) is 19.2. The summed E-state index contributed by atoms with van der Waals surface area (Å²) in [5.74, 6) is -0.265. The van der Waals surface area contributed by atoms with Gasteiger partial charge in [-0.15, -0.1) is 0 Å². The standard InChI is InChI=1S/C26H26N2O5S2/c1-17-28(13-6-14-35(30,31)32)24-12-11-18(15-25(24)34-17)27-26(29)33-16-23-21-9-4-2-7-19(21)20-8-3-5-10-22(20)23/h2-5,7-12,15,17,23H,6,13-14,16H2,1H3,(H,27,29)(H,30,31,32). The molecule has 1 aliphatic carbocycles. The Kier molecular flexibility index (Phi) is 6.48. The van der Waals surface area contributed by atoms with Crippen LogP contribution in [0.25, 0.3) is 11.1 Å². The van der Waals surface area contributed by atoms with Gasteiger partial charge >= 0.3 is 6.09 Å². The van der Waals surface area contributed by atoms with Crippen LogP contribution in [0.2, 0.25) is 0 Å². The van der Waals surface area contributed by atoms with E-state index in [0.29, 0.717) is 18.7 Å². The summed E-state index contributed by atoms with van der Waals surface area (Å²) in [6, 6.07) is 22.1. The molecule has 1 amide bonds. The molecule has 0 aromatic heterocycles. The van der Waals surface area contributed by atoms with E-state index in [2.05, 4.69) is 34.5 Å². The Hall–Kier alpha value is -3.01. The number of benzene rings is 3. The number of nitrogens with one attached hydrogen (secondary N) is 1. The minimum Gasteiger partial charge on any atom is -0.448 e. The average molecular weight is 511 g/mol. The van der Waals surface area contributed by atoms with E-state index in [1.165, 1.54) is 22.3 Å². The molecule has 0 fully saturated rings. The van der Waals surface area contributed by atoms with E-state index in [-0.39, 0.29) is 23.7 Å². The van der Waals surface area contributed by atoms with Crippen LogP contribution in [-0.4, -0.2) is 43.3 Å². The molecule has 1 aliphatic heterocycles. The molecule has 0 saturated heterocycles. The van der Waals surface area contributed by atoms with Gasteiger partial charge in [0.05, 0.1) is 16.8 Å². The number of rotatable bonds is 7. The summed E-state index contributed by atoms with van der Waals surface area (Å²) in [6.07, 6.45) is -0.170. The normalized spacial score (nSPS) is 16.5. The molecular weight excluding hydrogens is 484 g/mol. The van der Waals surface area contributed by atoms with E-state index < -0.39 is 16.2 Å². The topological polar surface area (TPSA) is 95.9 Å². The minimum atomic E-state index is -3.97. The van der Waals surface area contributed by atoms with Crippen molar-refractivity contribution in [2.24, 2.45) is 0 Å². The maximum atomic E-state index is 12.6. The fourth-order valence-electron chi connectivity index (χ4n) is 4.84. The molecule has 1 atom stereocenters. The van der Waals surface area contributed by atoms with Crippen molar-refractivity contribution in [2.45, 2.75) is 29.5 Å². The number of hydrogen-bond acceptors (Lipinski definition) is 6. The number of anilines is 2. The molecule has 0 spiro atoms. The van der Waals surface area contributed by atoms with Crippen molar-refractivity contribution in [2.75, 3.05) is 29.1 Å². The molecule has 7 nitrogen and oxygen atoms in total. The van der Waals surface area contributed by atoms with Gasteiger partial charge in [0.2, 0.25) is 0 Å². The third kappa shape index (κ3) is 5.03. The first kappa shape index (κ1) is 23.7. The molecule has 182 valence electrons. The molecule has 1 heterocycles. The van der Waals surface area contributed by atoms with Crippen LogP contribution in [0.1, 0.15) is 30.4 Å². The van der Waals surface area contributed by atoms with E-state index in [1.807, 2.05) is 49.4 Å². The van der Waals surface area contributed by atoms with Crippen molar-refractivity contribution < 1.29 is 22.5 Å². The summed E-state index contributed by atoms with van der Waals surface area (Å²) in [5.41, 5.74) is 6.32. The maximum Gasteiger partial charge on any atom is 0.411 e. The van der Waals surface area contributed by atoms with Gasteiger partial charge in [-0.25, -0.2) is 4.79 Å². The van der Waals surface area contributed by atoms with Crippen LogP contribution in [0.15, 0.2) is 71.6 Å². The molecule has 1 unspecified atom stereocenters. The van der Waals surface area contributed by atoms with Crippen molar-refractivity contribution >= 4 is 39.3 Å². The Morgan fingerprint density at radius 1 is 1.06 bits per heavy atom. The molecule has 0 saturated carbocycles. The predicted molar refractivity (Wildman–Crippen MR) is 139 cm³/mol. The molecule has 9 heteroatoms. The Balaban J connectivity index is 1.22. The first-order valence-electron chi connectivity index (χ1n) is 11.4. The number of hydrogen-bond donors (Lipinski definition) is 2. The van der Waals surface area contributed by atoms with Gasteiger partial charge in [0, 0.05) is 23.0 Å². The molecule has 2 aliphatic rings. The summed E-state index contributed by atoms with van der Waals surface area (Å²) >= 11 is 1.64. The second-order valence-corrected chi connectivity index (χ2v) is 11.6. The summed E-state index contributed by atoms with van der Waals surface area (Å²) in [6.45, 7) is 2.80. The molecule has 2 N–H and O–H groups in total. The van der Waals surface area contributed by atoms with E-state index >= 15 is 0 Å². The van der Waals surface area contributed by atoms with Gasteiger partial charge in [0.1, 0.15) is 6.61 Å². The average Bonchev–Trinajstić information content (AvgIpc) is 3.31. The highest BCUT2D eigenvalue weighted by Gasteiger charge is 2.30. The van der Waals surface area contributed by atoms with E-state index in [0.717, 1.165) is 10.6 Å². The van der Waals surface area contributed by atoms with Crippen molar-refractivity contribution in [1.29, 1.82) is 0 Å². The van der Waals surface area contributed by atoms with Crippen LogP contribution in [0.3, 0.4) is 0 Å². The second kappa shape index (κ2) is 9.56. The van der Waals surface area contributed by atoms with Gasteiger partial charge in [-0.2, -0.15) is 8.42 Å². The van der Waals surface area contributed by atoms with Crippen molar-refractivity contribution in [1.82, 2.24) is 0 Å². The fourth-order valence-corrected chi connectivity index (χ4v) is 6.55. The quantitative estimate of drug-likeness (QED) is 0.400. The van der Waals surface area contributed by atoms with Gasteiger partial charge in [-0.3, -0.25) is 9.87 Å². The lowest BCUT2D eigenvalue weighted by atomic mass is 9.98. The smallest absolute Gasteiger partial charge is 0.411 e. The number of ether oxygens (including phenoxy) is 1. The van der Waals surface area contributed by atoms with Crippen LogP contribution in [0.5, 0.6) is 0 Å². The van der Waals surface area contributed by atoms with Crippen molar-refractivity contribution in [3.05, 3.63) is 77.9 Å². The second-order valence-electron chi connectivity index (χ2n) is 8.68. The maximum absolute atomic E-state index is 12.6. The Morgan fingerprint density at radius 3 is 2.37 bits per heavy atom. The highest BCUT2D eigenvalue weighted by Crippen LogP contribution is 2.45. The van der Waals surface area contributed by atoms with Gasteiger partial charge < -0.3 is 9.64 Å². The molecule has 3 aromatic carbocycles. The van der Waals surface area contributed by atoms with Gasteiger partial charge in [-0.1, -0.05) is 60.3 Å². The van der Waals surface area contributed by atoms with Crippen LogP contribution in [0, 0.1) is 0 Å².